The minimum absolute atomic E-state index is 0.160. The first-order chi connectivity index (χ1) is 10.9. The van der Waals surface area contributed by atoms with Crippen LogP contribution in [0.2, 0.25) is 0 Å². The maximum atomic E-state index is 12.2. The van der Waals surface area contributed by atoms with Gasteiger partial charge in [-0.3, -0.25) is 10.1 Å². The Morgan fingerprint density at radius 1 is 1.22 bits per heavy atom. The third-order valence-corrected chi connectivity index (χ3v) is 6.61. The molecule has 0 saturated heterocycles. The molecule has 0 unspecified atom stereocenters. The molecule has 8 heteroatoms. The number of sulfonamides is 1. The molecule has 1 N–H and O–H groups in total. The van der Waals surface area contributed by atoms with E-state index < -0.39 is 10.0 Å². The normalized spacial score (nSPS) is 14.0. The summed E-state index contributed by atoms with van der Waals surface area (Å²) in [7, 11) is -0.545. The number of hydrogen-bond donors (Lipinski definition) is 1. The SMILES string of the molecule is CN(C)S(=O)(=O)c1ccc(C(=O)Nc2nc3c(s2)CCC3)cc1. The number of thiazole rings is 1. The van der Waals surface area contributed by atoms with E-state index in [1.54, 1.807) is 0 Å². The highest BCUT2D eigenvalue weighted by atomic mass is 32.2. The first-order valence-electron chi connectivity index (χ1n) is 7.20. The van der Waals surface area contributed by atoms with Gasteiger partial charge < -0.3 is 0 Å². The van der Waals surface area contributed by atoms with Gasteiger partial charge in [0.25, 0.3) is 5.91 Å². The molecular formula is C15H17N3O3S2. The van der Waals surface area contributed by atoms with Gasteiger partial charge in [0.2, 0.25) is 10.0 Å². The molecule has 0 radical (unpaired) electrons. The largest absolute Gasteiger partial charge is 0.298 e. The molecule has 0 bridgehead atoms. The van der Waals surface area contributed by atoms with Crippen LogP contribution in [0.1, 0.15) is 27.3 Å². The van der Waals surface area contributed by atoms with Gasteiger partial charge in [-0.05, 0) is 43.5 Å². The van der Waals surface area contributed by atoms with Gasteiger partial charge in [0.15, 0.2) is 5.13 Å². The minimum Gasteiger partial charge on any atom is -0.298 e. The summed E-state index contributed by atoms with van der Waals surface area (Å²) in [4.78, 5) is 18.1. The van der Waals surface area contributed by atoms with Crippen LogP contribution in [-0.4, -0.2) is 37.7 Å². The number of aromatic nitrogens is 1. The molecule has 0 atom stereocenters. The highest BCUT2D eigenvalue weighted by Gasteiger charge is 2.20. The van der Waals surface area contributed by atoms with Crippen LogP contribution in [0.5, 0.6) is 0 Å². The first-order valence-corrected chi connectivity index (χ1v) is 9.46. The number of anilines is 1. The van der Waals surface area contributed by atoms with E-state index in [0.29, 0.717) is 10.7 Å². The molecule has 1 aliphatic rings. The number of hydrogen-bond acceptors (Lipinski definition) is 5. The van der Waals surface area contributed by atoms with Crippen molar-refractivity contribution in [1.29, 1.82) is 0 Å². The predicted octanol–water partition coefficient (Wildman–Crippen LogP) is 2.13. The number of carbonyl (C=O) groups is 1. The van der Waals surface area contributed by atoms with Gasteiger partial charge >= 0.3 is 0 Å². The Hall–Kier alpha value is -1.77. The van der Waals surface area contributed by atoms with E-state index in [9.17, 15) is 13.2 Å². The van der Waals surface area contributed by atoms with Gasteiger partial charge in [0.05, 0.1) is 10.6 Å². The molecular weight excluding hydrogens is 334 g/mol. The fraction of sp³-hybridized carbons (Fsp3) is 0.333. The van der Waals surface area contributed by atoms with Crippen LogP contribution in [0.25, 0.3) is 0 Å². The monoisotopic (exact) mass is 351 g/mol. The third kappa shape index (κ3) is 3.15. The highest BCUT2D eigenvalue weighted by molar-refractivity contribution is 7.89. The molecule has 1 aliphatic carbocycles. The molecule has 0 spiro atoms. The Bertz CT molecular complexity index is 818. The molecule has 1 heterocycles. The smallest absolute Gasteiger partial charge is 0.257 e. The molecule has 23 heavy (non-hydrogen) atoms. The van der Waals surface area contributed by atoms with Gasteiger partial charge in [0, 0.05) is 24.5 Å². The second-order valence-corrected chi connectivity index (χ2v) is 8.74. The van der Waals surface area contributed by atoms with Crippen molar-refractivity contribution in [3.05, 3.63) is 40.4 Å². The number of aryl methyl sites for hydroxylation is 2. The van der Waals surface area contributed by atoms with Gasteiger partial charge in [-0.15, -0.1) is 11.3 Å². The topological polar surface area (TPSA) is 79.4 Å². The lowest BCUT2D eigenvalue weighted by Crippen LogP contribution is -2.22. The predicted molar refractivity (Wildman–Crippen MR) is 89.4 cm³/mol. The second kappa shape index (κ2) is 6.03. The molecule has 3 rings (SSSR count). The Kier molecular flexibility index (Phi) is 4.22. The van der Waals surface area contributed by atoms with Crippen LogP contribution in [-0.2, 0) is 22.9 Å². The molecule has 1 aromatic heterocycles. The van der Waals surface area contributed by atoms with Crippen molar-refractivity contribution in [2.24, 2.45) is 0 Å². The lowest BCUT2D eigenvalue weighted by atomic mass is 10.2. The average molecular weight is 351 g/mol. The number of nitrogens with zero attached hydrogens (tertiary/aromatic N) is 2. The van der Waals surface area contributed by atoms with Crippen LogP contribution < -0.4 is 5.32 Å². The summed E-state index contributed by atoms with van der Waals surface area (Å²) in [5.41, 5.74) is 1.48. The number of nitrogens with one attached hydrogen (secondary N) is 1. The number of carbonyl (C=O) groups excluding carboxylic acids is 1. The van der Waals surface area contributed by atoms with Crippen LogP contribution in [0.15, 0.2) is 29.2 Å². The van der Waals surface area contributed by atoms with Crippen molar-refractivity contribution in [2.45, 2.75) is 24.2 Å². The summed E-state index contributed by atoms with van der Waals surface area (Å²) in [6.45, 7) is 0. The minimum atomic E-state index is -3.48. The van der Waals surface area contributed by atoms with Crippen LogP contribution in [0.4, 0.5) is 5.13 Å². The molecule has 122 valence electrons. The van der Waals surface area contributed by atoms with E-state index >= 15 is 0 Å². The lowest BCUT2D eigenvalue weighted by molar-refractivity contribution is 0.102. The van der Waals surface area contributed by atoms with E-state index in [2.05, 4.69) is 10.3 Å². The maximum absolute atomic E-state index is 12.2. The number of amides is 1. The first kappa shape index (κ1) is 16.1. The zero-order valence-corrected chi connectivity index (χ0v) is 14.5. The van der Waals surface area contributed by atoms with Crippen molar-refractivity contribution in [1.82, 2.24) is 9.29 Å². The molecule has 0 saturated carbocycles. The summed E-state index contributed by atoms with van der Waals surface area (Å²) in [6.07, 6.45) is 3.13. The number of rotatable bonds is 4. The maximum Gasteiger partial charge on any atom is 0.257 e. The Labute approximate surface area is 139 Å². The van der Waals surface area contributed by atoms with E-state index in [1.807, 2.05) is 0 Å². The van der Waals surface area contributed by atoms with Crippen LogP contribution in [0, 0.1) is 0 Å². The van der Waals surface area contributed by atoms with Crippen molar-refractivity contribution in [3.8, 4) is 0 Å². The van der Waals surface area contributed by atoms with Crippen molar-refractivity contribution >= 4 is 32.4 Å². The highest BCUT2D eigenvalue weighted by Crippen LogP contribution is 2.30. The number of benzene rings is 1. The van der Waals surface area contributed by atoms with Crippen molar-refractivity contribution < 1.29 is 13.2 Å². The fourth-order valence-corrected chi connectivity index (χ4v) is 4.35. The molecule has 0 fully saturated rings. The average Bonchev–Trinajstić information content (AvgIpc) is 3.08. The van der Waals surface area contributed by atoms with Crippen molar-refractivity contribution in [2.75, 3.05) is 19.4 Å². The summed E-state index contributed by atoms with van der Waals surface area (Å²) in [5, 5.41) is 3.38. The zero-order valence-electron chi connectivity index (χ0n) is 12.9. The lowest BCUT2D eigenvalue weighted by Gasteiger charge is -2.11. The summed E-state index contributed by atoms with van der Waals surface area (Å²) in [6, 6.07) is 5.89. The Morgan fingerprint density at radius 3 is 2.52 bits per heavy atom. The Morgan fingerprint density at radius 2 is 1.91 bits per heavy atom. The molecule has 0 aliphatic heterocycles. The summed E-state index contributed by atoms with van der Waals surface area (Å²) < 4.78 is 25.1. The summed E-state index contributed by atoms with van der Waals surface area (Å²) in [5.74, 6) is -0.286. The van der Waals surface area contributed by atoms with E-state index in [0.717, 1.165) is 29.3 Å². The quantitative estimate of drug-likeness (QED) is 0.915. The molecule has 2 aromatic rings. The van der Waals surface area contributed by atoms with Gasteiger partial charge in [-0.1, -0.05) is 0 Å². The Balaban J connectivity index is 1.75. The van der Waals surface area contributed by atoms with Gasteiger partial charge in [-0.2, -0.15) is 0 Å². The van der Waals surface area contributed by atoms with Crippen LogP contribution >= 0.6 is 11.3 Å². The van der Waals surface area contributed by atoms with Gasteiger partial charge in [0.1, 0.15) is 0 Å². The standard InChI is InChI=1S/C15H17N3O3S2/c1-18(2)23(20,21)11-8-6-10(7-9-11)14(19)17-15-16-12-4-3-5-13(12)22-15/h6-9H,3-5H2,1-2H3,(H,16,17,19). The van der Waals surface area contributed by atoms with Crippen LogP contribution in [0.3, 0.4) is 0 Å². The van der Waals surface area contributed by atoms with E-state index in [1.165, 1.54) is 54.6 Å². The summed E-state index contributed by atoms with van der Waals surface area (Å²) >= 11 is 1.51. The molecule has 1 aromatic carbocycles. The number of fused-ring (bicyclic) bond motifs is 1. The van der Waals surface area contributed by atoms with Gasteiger partial charge in [-0.25, -0.2) is 17.7 Å². The second-order valence-electron chi connectivity index (χ2n) is 5.51. The van der Waals surface area contributed by atoms with E-state index in [-0.39, 0.29) is 10.8 Å². The van der Waals surface area contributed by atoms with E-state index in [4.69, 9.17) is 0 Å². The fourth-order valence-electron chi connectivity index (χ4n) is 2.40. The molecule has 6 nitrogen and oxygen atoms in total. The third-order valence-electron chi connectivity index (χ3n) is 3.71. The van der Waals surface area contributed by atoms with Crippen molar-refractivity contribution in [3.63, 3.8) is 0 Å². The molecule has 1 amide bonds. The zero-order chi connectivity index (χ0) is 16.6.